The van der Waals surface area contributed by atoms with Crippen LogP contribution in [0.4, 0.5) is 11.6 Å². The monoisotopic (exact) mass is 272 g/mol. The van der Waals surface area contributed by atoms with Crippen molar-refractivity contribution >= 4 is 11.6 Å². The molecule has 2 N–H and O–H groups in total. The molecule has 0 radical (unpaired) electrons. The lowest BCUT2D eigenvalue weighted by atomic mass is 9.96. The summed E-state index contributed by atoms with van der Waals surface area (Å²) in [5, 5.41) is 4.12. The molecule has 0 atom stereocenters. The van der Waals surface area contributed by atoms with Gasteiger partial charge in [0, 0.05) is 18.8 Å². The topological polar surface area (TPSA) is 68.2 Å². The summed E-state index contributed by atoms with van der Waals surface area (Å²) >= 11 is 0. The molecule has 1 aliphatic rings. The van der Waals surface area contributed by atoms with Crippen LogP contribution in [0.1, 0.15) is 38.1 Å². The van der Waals surface area contributed by atoms with Gasteiger partial charge in [-0.15, -0.1) is 0 Å². The molecule has 5 nitrogen and oxygen atoms in total. The summed E-state index contributed by atoms with van der Waals surface area (Å²) in [6, 6.07) is 7.97. The third-order valence-corrected chi connectivity index (χ3v) is 4.08. The van der Waals surface area contributed by atoms with Gasteiger partial charge in [0.25, 0.3) is 5.95 Å². The number of anilines is 2. The van der Waals surface area contributed by atoms with Gasteiger partial charge in [-0.1, -0.05) is 12.1 Å². The van der Waals surface area contributed by atoms with Crippen LogP contribution in [0.3, 0.4) is 0 Å². The largest absolute Gasteiger partial charge is 0.399 e. The maximum Gasteiger partial charge on any atom is 0.266 e. The first kappa shape index (κ1) is 13.0. The van der Waals surface area contributed by atoms with Gasteiger partial charge in [-0.25, -0.2) is 0 Å². The number of hydrogen-bond donors (Lipinski definition) is 1. The minimum absolute atomic E-state index is 0.0912. The van der Waals surface area contributed by atoms with E-state index >= 15 is 0 Å². The summed E-state index contributed by atoms with van der Waals surface area (Å²) in [5.41, 5.74) is 7.65. The van der Waals surface area contributed by atoms with Crippen molar-refractivity contribution in [2.75, 3.05) is 23.7 Å². The number of rotatable bonds is 5. The number of nitrogens with zero attached hydrogens (tertiary/aromatic N) is 3. The van der Waals surface area contributed by atoms with Gasteiger partial charge < -0.3 is 15.2 Å². The number of nitrogen functional groups attached to an aromatic ring is 1. The highest BCUT2D eigenvalue weighted by Crippen LogP contribution is 2.53. The molecule has 3 rings (SSSR count). The molecule has 0 aliphatic heterocycles. The summed E-state index contributed by atoms with van der Waals surface area (Å²) in [7, 11) is 0. The van der Waals surface area contributed by atoms with Crippen LogP contribution in [0.25, 0.3) is 0 Å². The Bertz CT molecular complexity index is 582. The van der Waals surface area contributed by atoms with Crippen molar-refractivity contribution in [3.05, 3.63) is 35.7 Å². The van der Waals surface area contributed by atoms with Gasteiger partial charge in [0.1, 0.15) is 0 Å². The molecule has 0 unspecified atom stereocenters. The molecule has 1 saturated carbocycles. The zero-order valence-electron chi connectivity index (χ0n) is 12.0. The fourth-order valence-electron chi connectivity index (χ4n) is 2.60. The third-order valence-electron chi connectivity index (χ3n) is 4.08. The smallest absolute Gasteiger partial charge is 0.266 e. The van der Waals surface area contributed by atoms with Crippen molar-refractivity contribution in [1.29, 1.82) is 0 Å². The van der Waals surface area contributed by atoms with Crippen LogP contribution in [0.2, 0.25) is 0 Å². The first-order valence-corrected chi connectivity index (χ1v) is 7.14. The average Bonchev–Trinajstić information content (AvgIpc) is 3.13. The quantitative estimate of drug-likeness (QED) is 0.847. The number of nitrogens with two attached hydrogens (primary N) is 1. The van der Waals surface area contributed by atoms with Crippen molar-refractivity contribution < 1.29 is 4.52 Å². The zero-order valence-corrected chi connectivity index (χ0v) is 12.0. The zero-order chi connectivity index (χ0) is 14.2. The highest BCUT2D eigenvalue weighted by Gasteiger charge is 2.51. The Morgan fingerprint density at radius 3 is 2.40 bits per heavy atom. The molecule has 0 bridgehead atoms. The molecule has 1 fully saturated rings. The summed E-state index contributed by atoms with van der Waals surface area (Å²) in [6.45, 7) is 5.94. The van der Waals surface area contributed by atoms with E-state index in [1.807, 2.05) is 12.1 Å². The van der Waals surface area contributed by atoms with E-state index in [1.54, 1.807) is 0 Å². The van der Waals surface area contributed by atoms with E-state index in [0.717, 1.165) is 37.5 Å². The summed E-state index contributed by atoms with van der Waals surface area (Å²) < 4.78 is 5.53. The third kappa shape index (κ3) is 2.03. The Kier molecular flexibility index (Phi) is 3.12. The highest BCUT2D eigenvalue weighted by atomic mass is 16.5. The first-order chi connectivity index (χ1) is 9.69. The van der Waals surface area contributed by atoms with Crippen molar-refractivity contribution in [2.24, 2.45) is 0 Å². The molecular weight excluding hydrogens is 252 g/mol. The lowest BCUT2D eigenvalue weighted by Crippen LogP contribution is -2.23. The maximum atomic E-state index is 5.75. The predicted octanol–water partition coefficient (Wildman–Crippen LogP) is 2.58. The average molecular weight is 272 g/mol. The highest BCUT2D eigenvalue weighted by molar-refractivity contribution is 5.46. The van der Waals surface area contributed by atoms with Gasteiger partial charge in [-0.3, -0.25) is 0 Å². The molecular formula is C15H20N4O. The molecule has 1 aromatic heterocycles. The van der Waals surface area contributed by atoms with Gasteiger partial charge in [-0.2, -0.15) is 4.98 Å². The molecule has 0 saturated heterocycles. The fourth-order valence-corrected chi connectivity index (χ4v) is 2.60. The Morgan fingerprint density at radius 1 is 1.20 bits per heavy atom. The lowest BCUT2D eigenvalue weighted by Gasteiger charge is -2.14. The molecule has 1 heterocycles. The van der Waals surface area contributed by atoms with E-state index in [4.69, 9.17) is 10.3 Å². The molecule has 2 aromatic rings. The molecule has 0 amide bonds. The van der Waals surface area contributed by atoms with E-state index in [-0.39, 0.29) is 5.41 Å². The van der Waals surface area contributed by atoms with Crippen molar-refractivity contribution in [1.82, 2.24) is 10.1 Å². The maximum absolute atomic E-state index is 5.75. The molecule has 1 aliphatic carbocycles. The van der Waals surface area contributed by atoms with Crippen molar-refractivity contribution in [3.8, 4) is 0 Å². The lowest BCUT2D eigenvalue weighted by molar-refractivity contribution is 0.359. The van der Waals surface area contributed by atoms with Crippen LogP contribution in [-0.4, -0.2) is 23.2 Å². The molecule has 0 spiro atoms. The van der Waals surface area contributed by atoms with Crippen molar-refractivity contribution in [2.45, 2.75) is 32.1 Å². The van der Waals surface area contributed by atoms with E-state index in [9.17, 15) is 0 Å². The number of hydrogen-bond acceptors (Lipinski definition) is 5. The second-order valence-corrected chi connectivity index (χ2v) is 5.28. The summed E-state index contributed by atoms with van der Waals surface area (Å²) in [5.74, 6) is 1.41. The van der Waals surface area contributed by atoms with Crippen LogP contribution in [0, 0.1) is 0 Å². The SMILES string of the molecule is CCN(CC)c1noc(C2(c3ccc(N)cc3)CC2)n1. The van der Waals surface area contributed by atoms with Gasteiger partial charge in [0.15, 0.2) is 0 Å². The second kappa shape index (κ2) is 4.81. The number of aromatic nitrogens is 2. The predicted molar refractivity (Wildman–Crippen MR) is 78.7 cm³/mol. The normalized spacial score (nSPS) is 16.1. The molecule has 106 valence electrons. The van der Waals surface area contributed by atoms with E-state index in [1.165, 1.54) is 5.56 Å². The summed E-state index contributed by atoms with van der Waals surface area (Å²) in [4.78, 5) is 6.69. The number of benzene rings is 1. The van der Waals surface area contributed by atoms with E-state index in [2.05, 4.69) is 41.0 Å². The summed E-state index contributed by atoms with van der Waals surface area (Å²) in [6.07, 6.45) is 2.10. The van der Waals surface area contributed by atoms with Crippen LogP contribution in [-0.2, 0) is 5.41 Å². The minimum Gasteiger partial charge on any atom is -0.399 e. The standard InChI is InChI=1S/C15H20N4O/c1-3-19(4-2)14-17-13(20-18-14)15(9-10-15)11-5-7-12(16)8-6-11/h5-8H,3-4,9-10,16H2,1-2H3. The fraction of sp³-hybridized carbons (Fsp3) is 0.467. The van der Waals surface area contributed by atoms with Gasteiger partial charge in [0.05, 0.1) is 5.41 Å². The first-order valence-electron chi connectivity index (χ1n) is 7.14. The van der Waals surface area contributed by atoms with Crippen LogP contribution >= 0.6 is 0 Å². The van der Waals surface area contributed by atoms with Gasteiger partial charge in [-0.05, 0) is 49.5 Å². The Hall–Kier alpha value is -2.04. The van der Waals surface area contributed by atoms with Crippen LogP contribution in [0.15, 0.2) is 28.8 Å². The Morgan fingerprint density at radius 2 is 1.85 bits per heavy atom. The van der Waals surface area contributed by atoms with E-state index in [0.29, 0.717) is 5.95 Å². The van der Waals surface area contributed by atoms with Crippen LogP contribution < -0.4 is 10.6 Å². The Balaban J connectivity index is 1.91. The Labute approximate surface area is 118 Å². The van der Waals surface area contributed by atoms with E-state index < -0.39 is 0 Å². The van der Waals surface area contributed by atoms with Gasteiger partial charge >= 0.3 is 0 Å². The molecule has 1 aromatic carbocycles. The second-order valence-electron chi connectivity index (χ2n) is 5.28. The van der Waals surface area contributed by atoms with Crippen LogP contribution in [0.5, 0.6) is 0 Å². The van der Waals surface area contributed by atoms with Gasteiger partial charge in [0.2, 0.25) is 5.89 Å². The van der Waals surface area contributed by atoms with Crippen molar-refractivity contribution in [3.63, 3.8) is 0 Å². The molecule has 20 heavy (non-hydrogen) atoms. The minimum atomic E-state index is -0.0912. The molecule has 5 heteroatoms.